The molecule has 126 valence electrons. The Balaban J connectivity index is 1.88. The van der Waals surface area contributed by atoms with E-state index in [9.17, 15) is 4.79 Å². The summed E-state index contributed by atoms with van der Waals surface area (Å²) in [6.45, 7) is 4.05. The number of carbonyl (C=O) groups is 1. The molecule has 1 N–H and O–H groups in total. The predicted molar refractivity (Wildman–Crippen MR) is 102 cm³/mol. The van der Waals surface area contributed by atoms with Gasteiger partial charge in [-0.15, -0.1) is 0 Å². The first-order valence-corrected chi connectivity index (χ1v) is 8.89. The van der Waals surface area contributed by atoms with E-state index < -0.39 is 0 Å². The first kappa shape index (κ1) is 17.1. The van der Waals surface area contributed by atoms with Crippen LogP contribution in [-0.4, -0.2) is 18.6 Å². The van der Waals surface area contributed by atoms with E-state index in [4.69, 9.17) is 9.47 Å². The van der Waals surface area contributed by atoms with Crippen LogP contribution in [0.1, 0.15) is 42.2 Å². The summed E-state index contributed by atoms with van der Waals surface area (Å²) in [4.78, 5) is 12.6. The maximum Gasteiger partial charge on any atom is 0.251 e. The average molecular weight is 437 g/mol. The van der Waals surface area contributed by atoms with Crippen LogP contribution in [0.3, 0.4) is 0 Å². The summed E-state index contributed by atoms with van der Waals surface area (Å²) in [6, 6.07) is 13.2. The minimum absolute atomic E-state index is 0.0733. The number of halogens is 1. The van der Waals surface area contributed by atoms with Gasteiger partial charge in [-0.3, -0.25) is 4.79 Å². The van der Waals surface area contributed by atoms with Gasteiger partial charge < -0.3 is 14.8 Å². The molecule has 1 atom stereocenters. The van der Waals surface area contributed by atoms with Gasteiger partial charge >= 0.3 is 0 Å². The number of nitrogens with one attached hydrogen (secondary N) is 1. The summed E-state index contributed by atoms with van der Waals surface area (Å²) < 4.78 is 12.4. The highest BCUT2D eigenvalue weighted by molar-refractivity contribution is 14.1. The second-order valence-electron chi connectivity index (χ2n) is 6.50. The van der Waals surface area contributed by atoms with Crippen LogP contribution in [0.25, 0.3) is 0 Å². The van der Waals surface area contributed by atoms with Gasteiger partial charge in [0.1, 0.15) is 17.1 Å². The third-order valence-corrected chi connectivity index (χ3v) is 4.81. The zero-order valence-corrected chi connectivity index (χ0v) is 16.1. The lowest BCUT2D eigenvalue weighted by atomic mass is 9.89. The van der Waals surface area contributed by atoms with Gasteiger partial charge in [0.25, 0.3) is 5.91 Å². The molecule has 0 spiro atoms. The Morgan fingerprint density at radius 3 is 2.62 bits per heavy atom. The van der Waals surface area contributed by atoms with Crippen molar-refractivity contribution in [2.75, 3.05) is 7.11 Å². The Hall–Kier alpha value is -1.76. The second kappa shape index (κ2) is 6.63. The first-order valence-electron chi connectivity index (χ1n) is 7.81. The van der Waals surface area contributed by atoms with Crippen LogP contribution in [0.4, 0.5) is 0 Å². The molecule has 0 radical (unpaired) electrons. The van der Waals surface area contributed by atoms with Crippen molar-refractivity contribution >= 4 is 28.5 Å². The number of benzene rings is 2. The van der Waals surface area contributed by atoms with Crippen LogP contribution in [-0.2, 0) is 0 Å². The summed E-state index contributed by atoms with van der Waals surface area (Å²) >= 11 is 2.23. The molecular weight excluding hydrogens is 417 g/mol. The number of hydrogen-bond acceptors (Lipinski definition) is 3. The summed E-state index contributed by atoms with van der Waals surface area (Å²) in [5.74, 6) is 1.43. The van der Waals surface area contributed by atoms with Gasteiger partial charge in [-0.25, -0.2) is 0 Å². The third kappa shape index (κ3) is 3.66. The number of fused-ring (bicyclic) bond motifs is 1. The van der Waals surface area contributed by atoms with Crippen LogP contribution in [0, 0.1) is 3.57 Å². The molecule has 1 heterocycles. The lowest BCUT2D eigenvalue weighted by Gasteiger charge is -2.38. The molecule has 1 amide bonds. The highest BCUT2D eigenvalue weighted by Gasteiger charge is 2.34. The van der Waals surface area contributed by atoms with E-state index in [1.165, 1.54) is 0 Å². The molecule has 1 aliphatic heterocycles. The molecule has 24 heavy (non-hydrogen) atoms. The molecule has 1 aliphatic rings. The van der Waals surface area contributed by atoms with E-state index in [1.807, 2.05) is 56.3 Å². The lowest BCUT2D eigenvalue weighted by Crippen LogP contribution is -2.41. The fourth-order valence-corrected chi connectivity index (χ4v) is 3.29. The van der Waals surface area contributed by atoms with Gasteiger partial charge in [0.15, 0.2) is 0 Å². The van der Waals surface area contributed by atoms with E-state index in [0.717, 1.165) is 20.6 Å². The first-order chi connectivity index (χ1) is 11.4. The highest BCUT2D eigenvalue weighted by Crippen LogP contribution is 2.41. The molecule has 0 aliphatic carbocycles. The van der Waals surface area contributed by atoms with Crippen molar-refractivity contribution in [3.63, 3.8) is 0 Å². The van der Waals surface area contributed by atoms with Gasteiger partial charge in [-0.1, -0.05) is 0 Å². The maximum atomic E-state index is 12.6. The van der Waals surface area contributed by atoms with E-state index in [1.54, 1.807) is 7.11 Å². The number of rotatable bonds is 3. The molecule has 0 unspecified atom stereocenters. The molecule has 0 fully saturated rings. The number of methoxy groups -OCH3 is 1. The molecule has 3 rings (SSSR count). The van der Waals surface area contributed by atoms with E-state index in [0.29, 0.717) is 12.0 Å². The minimum atomic E-state index is -0.358. The monoisotopic (exact) mass is 437 g/mol. The number of hydrogen-bond donors (Lipinski definition) is 1. The molecule has 4 nitrogen and oxygen atoms in total. The summed E-state index contributed by atoms with van der Waals surface area (Å²) in [5, 5.41) is 3.14. The largest absolute Gasteiger partial charge is 0.497 e. The highest BCUT2D eigenvalue weighted by atomic mass is 127. The summed E-state index contributed by atoms with van der Waals surface area (Å²) in [7, 11) is 1.63. The van der Waals surface area contributed by atoms with Crippen molar-refractivity contribution in [3.8, 4) is 11.5 Å². The number of ether oxygens (including phenoxy) is 2. The van der Waals surface area contributed by atoms with Crippen LogP contribution < -0.4 is 14.8 Å². The van der Waals surface area contributed by atoms with Gasteiger partial charge in [-0.05, 0) is 72.8 Å². The predicted octanol–water partition coefficient (Wildman–Crippen LogP) is 4.33. The van der Waals surface area contributed by atoms with Gasteiger partial charge in [0, 0.05) is 27.2 Å². The molecular formula is C19H20INO3. The lowest BCUT2D eigenvalue weighted by molar-refractivity contribution is 0.0617. The molecule has 2 aromatic rings. The van der Waals surface area contributed by atoms with Crippen molar-refractivity contribution in [3.05, 3.63) is 57.2 Å². The molecule has 0 aromatic heterocycles. The van der Waals surface area contributed by atoms with Crippen molar-refractivity contribution in [2.45, 2.75) is 31.9 Å². The van der Waals surface area contributed by atoms with Crippen LogP contribution in [0.2, 0.25) is 0 Å². The van der Waals surface area contributed by atoms with Crippen molar-refractivity contribution < 1.29 is 14.3 Å². The van der Waals surface area contributed by atoms with E-state index in [-0.39, 0.29) is 17.6 Å². The average Bonchev–Trinajstić information content (AvgIpc) is 2.53. The topological polar surface area (TPSA) is 47.6 Å². The second-order valence-corrected chi connectivity index (χ2v) is 7.75. The van der Waals surface area contributed by atoms with E-state index in [2.05, 4.69) is 27.9 Å². The molecule has 5 heteroatoms. The molecule has 0 saturated heterocycles. The maximum absolute atomic E-state index is 12.6. The zero-order chi connectivity index (χ0) is 17.3. The van der Waals surface area contributed by atoms with Crippen LogP contribution in [0.15, 0.2) is 42.5 Å². The Kier molecular flexibility index (Phi) is 4.71. The summed E-state index contributed by atoms with van der Waals surface area (Å²) in [5.41, 5.74) is 1.28. The quantitative estimate of drug-likeness (QED) is 0.728. The normalized spacial score (nSPS) is 18.2. The van der Waals surface area contributed by atoms with Crippen molar-refractivity contribution in [1.82, 2.24) is 5.32 Å². The number of amides is 1. The number of carbonyl (C=O) groups excluding carboxylic acids is 1. The standard InChI is InChI=1S/C19H20INO3/c1-19(2)11-16(15-9-8-14(23-3)10-17(15)24-19)21-18(22)12-4-6-13(20)7-5-12/h4-10,16H,11H2,1-3H3,(H,21,22)/t16-/m0/s1. The Labute approximate surface area is 155 Å². The minimum Gasteiger partial charge on any atom is -0.497 e. The van der Waals surface area contributed by atoms with Gasteiger partial charge in [-0.2, -0.15) is 0 Å². The fourth-order valence-electron chi connectivity index (χ4n) is 2.93. The molecule has 2 aromatic carbocycles. The van der Waals surface area contributed by atoms with E-state index >= 15 is 0 Å². The van der Waals surface area contributed by atoms with Gasteiger partial charge in [0.05, 0.1) is 13.2 Å². The summed E-state index contributed by atoms with van der Waals surface area (Å²) in [6.07, 6.45) is 0.711. The zero-order valence-electron chi connectivity index (χ0n) is 13.9. The fraction of sp³-hybridized carbons (Fsp3) is 0.316. The van der Waals surface area contributed by atoms with Crippen LogP contribution >= 0.6 is 22.6 Å². The SMILES string of the molecule is COc1ccc2c(c1)OC(C)(C)C[C@@H]2NC(=O)c1ccc(I)cc1. The van der Waals surface area contributed by atoms with Gasteiger partial charge in [0.2, 0.25) is 0 Å². The molecule has 0 bridgehead atoms. The van der Waals surface area contributed by atoms with Crippen molar-refractivity contribution in [1.29, 1.82) is 0 Å². The smallest absolute Gasteiger partial charge is 0.251 e. The van der Waals surface area contributed by atoms with Crippen LogP contribution in [0.5, 0.6) is 11.5 Å². The van der Waals surface area contributed by atoms with Crippen molar-refractivity contribution in [2.24, 2.45) is 0 Å². The Morgan fingerprint density at radius 1 is 1.25 bits per heavy atom. The third-order valence-electron chi connectivity index (χ3n) is 4.09. The Morgan fingerprint density at radius 2 is 1.96 bits per heavy atom. The Bertz CT molecular complexity index is 756. The molecule has 0 saturated carbocycles.